The fraction of sp³-hybridized carbons (Fsp3) is 0.400. The topological polar surface area (TPSA) is 66.9 Å². The van der Waals surface area contributed by atoms with Gasteiger partial charge in [-0.3, -0.25) is 14.5 Å². The quantitative estimate of drug-likeness (QED) is 0.531. The van der Waals surface area contributed by atoms with Gasteiger partial charge >= 0.3 is 6.09 Å². The number of nitrogens with zero attached hydrogens (tertiary/aromatic N) is 2. The van der Waals surface area contributed by atoms with Crippen molar-refractivity contribution in [1.29, 1.82) is 0 Å². The summed E-state index contributed by atoms with van der Waals surface area (Å²) in [4.78, 5) is 40.6. The number of hydrogen-bond donors (Lipinski definition) is 0. The Morgan fingerprint density at radius 1 is 1.12 bits per heavy atom. The Morgan fingerprint density at radius 3 is 2.31 bits per heavy atom. The third-order valence-corrected chi connectivity index (χ3v) is 4.82. The molecule has 0 spiro atoms. The molecule has 1 aromatic rings. The normalized spacial score (nSPS) is 14.5. The van der Waals surface area contributed by atoms with Crippen LogP contribution < -0.4 is 0 Å². The number of benzene rings is 1. The number of carbonyl (C=O) groups is 3. The molecule has 7 heteroatoms. The Hall–Kier alpha value is -3.22. The predicted molar refractivity (Wildman–Crippen MR) is 121 cm³/mol. The molecule has 0 atom stereocenters. The number of rotatable bonds is 9. The van der Waals surface area contributed by atoms with Crippen LogP contribution in [0.25, 0.3) is 0 Å². The molecule has 1 heterocycles. The minimum absolute atomic E-state index is 0.173. The van der Waals surface area contributed by atoms with E-state index in [4.69, 9.17) is 4.74 Å². The van der Waals surface area contributed by atoms with Crippen LogP contribution in [-0.4, -0.2) is 52.9 Å². The second-order valence-electron chi connectivity index (χ2n) is 8.49. The molecule has 0 unspecified atom stereocenters. The van der Waals surface area contributed by atoms with Gasteiger partial charge in [0.05, 0.1) is 11.1 Å². The minimum atomic E-state index is -0.656. The van der Waals surface area contributed by atoms with Gasteiger partial charge in [0.15, 0.2) is 0 Å². The number of halogens is 1. The molecule has 0 aromatic heterocycles. The molecule has 32 heavy (non-hydrogen) atoms. The van der Waals surface area contributed by atoms with Gasteiger partial charge in [0.25, 0.3) is 11.8 Å². The summed E-state index contributed by atoms with van der Waals surface area (Å²) in [6.45, 7) is 11.6. The van der Waals surface area contributed by atoms with E-state index in [2.05, 4.69) is 6.58 Å². The largest absolute Gasteiger partial charge is 0.444 e. The lowest BCUT2D eigenvalue weighted by Gasteiger charge is -2.28. The zero-order chi connectivity index (χ0) is 23.9. The van der Waals surface area contributed by atoms with Gasteiger partial charge in [-0.05, 0) is 58.2 Å². The highest BCUT2D eigenvalue weighted by Crippen LogP contribution is 2.23. The van der Waals surface area contributed by atoms with Crippen LogP contribution in [0.5, 0.6) is 0 Å². The van der Waals surface area contributed by atoms with Crippen molar-refractivity contribution in [2.24, 2.45) is 0 Å². The standard InChI is InChI=1S/C25H31FN2O4/c1-6-9-21-20(7-2)22(29)28(23(21)30)16-8-15-27(24(31)32-25(3,4)5)17-14-18-10-12-19(26)13-11-18/h6-7,9-13H,2,8,14-17H2,1,3-5H3/b9-6-. The Kier molecular flexibility index (Phi) is 8.52. The van der Waals surface area contributed by atoms with Crippen molar-refractivity contribution in [1.82, 2.24) is 9.80 Å². The third-order valence-electron chi connectivity index (χ3n) is 4.82. The van der Waals surface area contributed by atoms with Crippen LogP contribution in [0.1, 0.15) is 39.7 Å². The summed E-state index contributed by atoms with van der Waals surface area (Å²) in [5, 5.41) is 0. The number of allylic oxidation sites excluding steroid dienone is 1. The molecule has 172 valence electrons. The van der Waals surface area contributed by atoms with E-state index in [-0.39, 0.29) is 29.7 Å². The summed E-state index contributed by atoms with van der Waals surface area (Å²) in [6.07, 6.45) is 5.14. The molecule has 2 rings (SSSR count). The Morgan fingerprint density at radius 2 is 1.75 bits per heavy atom. The number of ether oxygens (including phenoxy) is 1. The van der Waals surface area contributed by atoms with Crippen molar-refractivity contribution in [2.45, 2.75) is 46.1 Å². The highest BCUT2D eigenvalue weighted by atomic mass is 19.1. The second kappa shape index (κ2) is 10.9. The minimum Gasteiger partial charge on any atom is -0.444 e. The van der Waals surface area contributed by atoms with E-state index < -0.39 is 11.7 Å². The molecule has 0 N–H and O–H groups in total. The van der Waals surface area contributed by atoms with E-state index in [1.165, 1.54) is 23.1 Å². The Labute approximate surface area is 189 Å². The smallest absolute Gasteiger partial charge is 0.410 e. The van der Waals surface area contributed by atoms with E-state index in [1.807, 2.05) is 0 Å². The molecule has 0 radical (unpaired) electrons. The first-order valence-corrected chi connectivity index (χ1v) is 10.7. The molecular formula is C25H31FN2O4. The summed E-state index contributed by atoms with van der Waals surface area (Å²) in [7, 11) is 0. The zero-order valence-corrected chi connectivity index (χ0v) is 19.2. The van der Waals surface area contributed by atoms with Crippen molar-refractivity contribution in [3.63, 3.8) is 0 Å². The van der Waals surface area contributed by atoms with Crippen LogP contribution in [0.15, 0.2) is 60.2 Å². The van der Waals surface area contributed by atoms with Gasteiger partial charge < -0.3 is 9.64 Å². The fourth-order valence-electron chi connectivity index (χ4n) is 3.30. The molecule has 1 aromatic carbocycles. The van der Waals surface area contributed by atoms with Crippen molar-refractivity contribution < 1.29 is 23.5 Å². The maximum Gasteiger partial charge on any atom is 0.410 e. The SMILES string of the molecule is C=CC1=C(/C=C\C)C(=O)N(CCCN(CCc2ccc(F)cc2)C(=O)OC(C)(C)C)C1=O. The molecule has 1 aliphatic heterocycles. The van der Waals surface area contributed by atoms with Gasteiger partial charge in [0.2, 0.25) is 0 Å². The number of amides is 3. The molecular weight excluding hydrogens is 411 g/mol. The molecule has 1 aliphatic rings. The molecule has 0 saturated carbocycles. The highest BCUT2D eigenvalue weighted by molar-refractivity contribution is 6.21. The molecule has 3 amide bonds. The molecule has 0 aliphatic carbocycles. The van der Waals surface area contributed by atoms with Crippen LogP contribution in [0.3, 0.4) is 0 Å². The van der Waals surface area contributed by atoms with Gasteiger partial charge in [-0.2, -0.15) is 0 Å². The maximum absolute atomic E-state index is 13.1. The Balaban J connectivity index is 2.03. The van der Waals surface area contributed by atoms with Crippen LogP contribution in [0, 0.1) is 5.82 Å². The van der Waals surface area contributed by atoms with Crippen molar-refractivity contribution in [3.05, 3.63) is 71.6 Å². The molecule has 0 bridgehead atoms. The summed E-state index contributed by atoms with van der Waals surface area (Å²) >= 11 is 0. The number of hydrogen-bond acceptors (Lipinski definition) is 4. The van der Waals surface area contributed by atoms with Crippen molar-refractivity contribution in [2.75, 3.05) is 19.6 Å². The number of imide groups is 1. The Bertz CT molecular complexity index is 926. The lowest BCUT2D eigenvalue weighted by atomic mass is 10.1. The van der Waals surface area contributed by atoms with Gasteiger partial charge in [0.1, 0.15) is 11.4 Å². The predicted octanol–water partition coefficient (Wildman–Crippen LogP) is 4.42. The summed E-state index contributed by atoms with van der Waals surface area (Å²) in [6, 6.07) is 6.11. The average molecular weight is 443 g/mol. The van der Waals surface area contributed by atoms with Gasteiger partial charge in [-0.15, -0.1) is 0 Å². The first-order valence-electron chi connectivity index (χ1n) is 10.7. The first-order chi connectivity index (χ1) is 15.1. The number of carbonyl (C=O) groups excluding carboxylic acids is 3. The van der Waals surface area contributed by atoms with E-state index in [0.29, 0.717) is 31.5 Å². The molecule has 0 saturated heterocycles. The summed E-state index contributed by atoms with van der Waals surface area (Å²) in [5.74, 6) is -1.06. The van der Waals surface area contributed by atoms with Gasteiger partial charge in [-0.1, -0.05) is 36.9 Å². The molecule has 0 fully saturated rings. The lowest BCUT2D eigenvalue weighted by molar-refractivity contribution is -0.137. The van der Waals surface area contributed by atoms with Crippen LogP contribution in [-0.2, 0) is 20.7 Å². The van der Waals surface area contributed by atoms with E-state index in [0.717, 1.165) is 5.56 Å². The fourth-order valence-corrected chi connectivity index (χ4v) is 3.30. The van der Waals surface area contributed by atoms with Gasteiger partial charge in [-0.25, -0.2) is 9.18 Å². The zero-order valence-electron chi connectivity index (χ0n) is 19.2. The van der Waals surface area contributed by atoms with Crippen LogP contribution in [0.4, 0.5) is 9.18 Å². The summed E-state index contributed by atoms with van der Waals surface area (Å²) < 4.78 is 18.7. The lowest BCUT2D eigenvalue weighted by Crippen LogP contribution is -2.40. The monoisotopic (exact) mass is 442 g/mol. The molecule has 6 nitrogen and oxygen atoms in total. The van der Waals surface area contributed by atoms with Crippen molar-refractivity contribution in [3.8, 4) is 0 Å². The van der Waals surface area contributed by atoms with E-state index >= 15 is 0 Å². The summed E-state index contributed by atoms with van der Waals surface area (Å²) in [5.41, 5.74) is 0.845. The first kappa shape index (κ1) is 25.0. The highest BCUT2D eigenvalue weighted by Gasteiger charge is 2.35. The second-order valence-corrected chi connectivity index (χ2v) is 8.49. The van der Waals surface area contributed by atoms with Crippen LogP contribution >= 0.6 is 0 Å². The maximum atomic E-state index is 13.1. The van der Waals surface area contributed by atoms with Crippen LogP contribution in [0.2, 0.25) is 0 Å². The van der Waals surface area contributed by atoms with E-state index in [1.54, 1.807) is 56.9 Å². The van der Waals surface area contributed by atoms with E-state index in [9.17, 15) is 18.8 Å². The van der Waals surface area contributed by atoms with Crippen molar-refractivity contribution >= 4 is 17.9 Å². The van der Waals surface area contributed by atoms with Gasteiger partial charge in [0, 0.05) is 19.6 Å². The third kappa shape index (κ3) is 6.64. The average Bonchev–Trinajstić information content (AvgIpc) is 2.94.